The molecule has 5 rings (SSSR count). The maximum atomic E-state index is 12.8. The van der Waals surface area contributed by atoms with Crippen LogP contribution in [0.1, 0.15) is 36.6 Å². The van der Waals surface area contributed by atoms with Gasteiger partial charge in [-0.05, 0) is 67.5 Å². The molecule has 3 N–H and O–H groups in total. The Labute approximate surface area is 275 Å². The van der Waals surface area contributed by atoms with Gasteiger partial charge < -0.3 is 39.1 Å². The Morgan fingerprint density at radius 1 is 1.11 bits per heavy atom. The normalized spacial score (nSPS) is 15.2. The van der Waals surface area contributed by atoms with Gasteiger partial charge in [0.1, 0.15) is 12.4 Å². The summed E-state index contributed by atoms with van der Waals surface area (Å²) in [6.45, 7) is 3.74. The van der Waals surface area contributed by atoms with E-state index in [1.165, 1.54) is 13.3 Å². The Morgan fingerprint density at radius 3 is 2.72 bits per heavy atom. The number of hydrogen-bond donors (Lipinski definition) is 3. The maximum Gasteiger partial charge on any atom is 0.338 e. The molecule has 2 heterocycles. The number of nitrogens with zero attached hydrogens (tertiary/aromatic N) is 1. The molecule has 3 aromatic rings. The minimum atomic E-state index is -0.645. The summed E-state index contributed by atoms with van der Waals surface area (Å²) >= 11 is 11.8. The number of esters is 1. The van der Waals surface area contributed by atoms with Gasteiger partial charge in [-0.1, -0.05) is 35.9 Å². The lowest BCUT2D eigenvalue weighted by Gasteiger charge is -2.30. The van der Waals surface area contributed by atoms with Gasteiger partial charge in [0.25, 0.3) is 5.91 Å². The van der Waals surface area contributed by atoms with Gasteiger partial charge in [-0.2, -0.15) is 5.10 Å². The summed E-state index contributed by atoms with van der Waals surface area (Å²) in [6, 6.07) is 15.2. The van der Waals surface area contributed by atoms with E-state index in [1.807, 2.05) is 18.2 Å². The first-order chi connectivity index (χ1) is 22.3. The number of nitrogens with one attached hydrogen (secondary N) is 3. The first kappa shape index (κ1) is 32.4. The second kappa shape index (κ2) is 14.8. The van der Waals surface area contributed by atoms with Crippen LogP contribution in [0.3, 0.4) is 0 Å². The van der Waals surface area contributed by atoms with Crippen molar-refractivity contribution in [3.8, 4) is 28.7 Å². The Morgan fingerprint density at radius 2 is 1.91 bits per heavy atom. The molecule has 0 spiro atoms. The van der Waals surface area contributed by atoms with Crippen LogP contribution in [0.5, 0.6) is 28.7 Å². The van der Waals surface area contributed by atoms with E-state index in [-0.39, 0.29) is 26.6 Å². The van der Waals surface area contributed by atoms with Crippen LogP contribution in [0, 0.1) is 0 Å². The van der Waals surface area contributed by atoms with Crippen LogP contribution in [0.2, 0.25) is 5.02 Å². The molecule has 1 atom stereocenters. The Balaban J connectivity index is 1.20. The lowest BCUT2D eigenvalue weighted by Crippen LogP contribution is -2.45. The van der Waals surface area contributed by atoms with Crippen molar-refractivity contribution in [1.29, 1.82) is 0 Å². The number of carbonyl (C=O) groups is 2. The van der Waals surface area contributed by atoms with Gasteiger partial charge in [0.2, 0.25) is 6.79 Å². The number of benzene rings is 3. The van der Waals surface area contributed by atoms with Crippen molar-refractivity contribution in [2.45, 2.75) is 26.5 Å². The molecule has 0 radical (unpaired) electrons. The smallest absolute Gasteiger partial charge is 0.338 e. The summed E-state index contributed by atoms with van der Waals surface area (Å²) in [7, 11) is 1.50. The van der Waals surface area contributed by atoms with E-state index in [4.69, 9.17) is 52.2 Å². The van der Waals surface area contributed by atoms with E-state index in [0.717, 1.165) is 5.56 Å². The van der Waals surface area contributed by atoms with Crippen molar-refractivity contribution >= 4 is 47.0 Å². The van der Waals surface area contributed by atoms with E-state index in [2.05, 4.69) is 21.2 Å². The number of allylic oxidation sites excluding steroid dienone is 1. The Hall–Kier alpha value is -5.01. The topological polar surface area (TPSA) is 138 Å². The molecule has 0 saturated heterocycles. The van der Waals surface area contributed by atoms with Crippen molar-refractivity contribution < 1.29 is 38.0 Å². The number of hydrazone groups is 1. The van der Waals surface area contributed by atoms with Crippen molar-refractivity contribution in [3.05, 3.63) is 87.6 Å². The number of para-hydroxylation sites is 1. The molecule has 0 aliphatic carbocycles. The fourth-order valence-corrected chi connectivity index (χ4v) is 5.30. The van der Waals surface area contributed by atoms with Crippen LogP contribution in [0.15, 0.2) is 71.0 Å². The molecule has 14 heteroatoms. The number of thiocarbonyl (C=S) groups is 1. The number of amides is 1. The Bertz CT molecular complexity index is 1710. The van der Waals surface area contributed by atoms with Crippen LogP contribution in [0.25, 0.3) is 0 Å². The number of methoxy groups -OCH3 is 1. The van der Waals surface area contributed by atoms with Crippen LogP contribution in [-0.2, 0) is 20.9 Å². The van der Waals surface area contributed by atoms with Crippen molar-refractivity contribution in [3.63, 3.8) is 0 Å². The van der Waals surface area contributed by atoms with Crippen molar-refractivity contribution in [2.24, 2.45) is 5.10 Å². The van der Waals surface area contributed by atoms with Crippen molar-refractivity contribution in [1.82, 2.24) is 16.1 Å². The molecule has 12 nitrogen and oxygen atoms in total. The molecule has 0 bridgehead atoms. The number of rotatable bonds is 12. The number of fused-ring (bicyclic) bond motifs is 1. The minimum absolute atomic E-state index is 0.187. The van der Waals surface area contributed by atoms with Gasteiger partial charge in [-0.3, -0.25) is 4.79 Å². The quantitative estimate of drug-likeness (QED) is 0.109. The molecule has 1 amide bonds. The molecule has 0 saturated carbocycles. The predicted octanol–water partition coefficient (Wildman–Crippen LogP) is 4.54. The first-order valence-electron chi connectivity index (χ1n) is 14.1. The maximum absolute atomic E-state index is 12.8. The third-order valence-electron chi connectivity index (χ3n) is 6.83. The average Bonchev–Trinajstić information content (AvgIpc) is 3.51. The largest absolute Gasteiger partial charge is 0.493 e. The minimum Gasteiger partial charge on any atom is -0.493 e. The highest BCUT2D eigenvalue weighted by Gasteiger charge is 2.32. The standard InChI is InChI=1S/C32H31ClN4O8S/c1-4-41-31(39)28-18(2)35-32(46)36-29(28)21-7-5-6-8-23(21)42-16-27(38)37-34-14-20-11-22(33)30(26(13-20)40-3)43-15-19-9-10-24-25(12-19)45-17-44-24/h5-14,29H,4,15-17H2,1-3H3,(H,37,38)(H2,35,36,46)/t29-/m1/s1. The Kier molecular flexibility index (Phi) is 10.5. The molecule has 240 valence electrons. The average molecular weight is 667 g/mol. The highest BCUT2D eigenvalue weighted by Crippen LogP contribution is 2.38. The highest BCUT2D eigenvalue weighted by molar-refractivity contribution is 7.80. The van der Waals surface area contributed by atoms with E-state index in [0.29, 0.717) is 61.3 Å². The van der Waals surface area contributed by atoms with E-state index >= 15 is 0 Å². The van der Waals surface area contributed by atoms with Crippen molar-refractivity contribution in [2.75, 3.05) is 27.1 Å². The van der Waals surface area contributed by atoms with Gasteiger partial charge in [-0.25, -0.2) is 10.2 Å². The summed E-state index contributed by atoms with van der Waals surface area (Å²) in [6.07, 6.45) is 1.42. The molecule has 2 aliphatic heterocycles. The molecular weight excluding hydrogens is 636 g/mol. The van der Waals surface area contributed by atoms with Gasteiger partial charge in [0.15, 0.2) is 34.7 Å². The number of hydrogen-bond acceptors (Lipinski definition) is 10. The zero-order valence-electron chi connectivity index (χ0n) is 25.2. The van der Waals surface area contributed by atoms with Crippen LogP contribution >= 0.6 is 23.8 Å². The van der Waals surface area contributed by atoms with E-state index in [1.54, 1.807) is 50.2 Å². The molecule has 0 aromatic heterocycles. The lowest BCUT2D eigenvalue weighted by atomic mass is 9.95. The summed E-state index contributed by atoms with van der Waals surface area (Å²) in [5, 5.41) is 10.7. The number of ether oxygens (including phenoxy) is 6. The zero-order chi connectivity index (χ0) is 32.6. The van der Waals surface area contributed by atoms with Gasteiger partial charge >= 0.3 is 5.97 Å². The SMILES string of the molecule is CCOC(=O)C1=C(C)NC(=S)N[C@@H]1c1ccccc1OCC(=O)NN=Cc1cc(Cl)c(OCc2ccc3c(c2)OCO3)c(OC)c1. The molecule has 0 fully saturated rings. The van der Waals surface area contributed by atoms with E-state index in [9.17, 15) is 9.59 Å². The summed E-state index contributed by atoms with van der Waals surface area (Å²) in [5.41, 5.74) is 5.39. The molecule has 2 aliphatic rings. The molecule has 3 aromatic carbocycles. The second-order valence-electron chi connectivity index (χ2n) is 9.92. The molecular formula is C32H31ClN4O8S. The van der Waals surface area contributed by atoms with Crippen LogP contribution in [-0.4, -0.2) is 50.3 Å². The highest BCUT2D eigenvalue weighted by atomic mass is 35.5. The van der Waals surface area contributed by atoms with Gasteiger partial charge in [-0.15, -0.1) is 0 Å². The third-order valence-corrected chi connectivity index (χ3v) is 7.33. The predicted molar refractivity (Wildman–Crippen MR) is 174 cm³/mol. The lowest BCUT2D eigenvalue weighted by molar-refractivity contribution is -0.139. The van der Waals surface area contributed by atoms with Gasteiger partial charge in [0.05, 0.1) is 36.6 Å². The molecule has 46 heavy (non-hydrogen) atoms. The number of halogens is 1. The van der Waals surface area contributed by atoms with Gasteiger partial charge in [0, 0.05) is 11.3 Å². The third kappa shape index (κ3) is 7.61. The van der Waals surface area contributed by atoms with Crippen LogP contribution in [0.4, 0.5) is 0 Å². The van der Waals surface area contributed by atoms with E-state index < -0.39 is 17.9 Å². The summed E-state index contributed by atoms with van der Waals surface area (Å²) in [4.78, 5) is 25.4. The first-order valence-corrected chi connectivity index (χ1v) is 14.9. The monoisotopic (exact) mass is 666 g/mol. The fourth-order valence-electron chi connectivity index (χ4n) is 4.75. The second-order valence-corrected chi connectivity index (χ2v) is 10.7. The fraction of sp³-hybridized carbons (Fsp3) is 0.250. The number of carbonyl (C=O) groups excluding carboxylic acids is 2. The van der Waals surface area contributed by atoms with Crippen LogP contribution < -0.4 is 39.7 Å². The summed E-state index contributed by atoms with van der Waals surface area (Å²) in [5.74, 6) is 1.46. The zero-order valence-corrected chi connectivity index (χ0v) is 26.8. The summed E-state index contributed by atoms with van der Waals surface area (Å²) < 4.78 is 33.3. The molecule has 0 unspecified atom stereocenters.